The molecule has 0 bridgehead atoms. The Morgan fingerprint density at radius 2 is 2.21 bits per heavy atom. The standard InChI is InChI=1S/C14H19N3O7/c15-9-3-4-17(13(22)16-9)14(12(21)23-6-7-1-2-7)11(20)10(19)8(5-18)24-14/h3-4,7-8,10-11,18-20H,1-2,5-6H2,(H2,15,16,22)/t8-,10-,11-,14+/m1/s1. The second-order valence-electron chi connectivity index (χ2n) is 6.02. The number of aliphatic hydroxyl groups excluding tert-OH is 3. The largest absolute Gasteiger partial charge is 0.462 e. The molecule has 132 valence electrons. The van der Waals surface area contributed by atoms with Gasteiger partial charge in [0, 0.05) is 6.20 Å². The third-order valence-corrected chi connectivity index (χ3v) is 4.24. The van der Waals surface area contributed by atoms with Crippen molar-refractivity contribution >= 4 is 11.8 Å². The van der Waals surface area contributed by atoms with Crippen LogP contribution in [0.15, 0.2) is 17.1 Å². The van der Waals surface area contributed by atoms with Crippen molar-refractivity contribution in [2.45, 2.75) is 36.9 Å². The Bertz CT molecular complexity index is 689. The number of nitrogens with two attached hydrogens (primary N) is 1. The van der Waals surface area contributed by atoms with E-state index in [1.54, 1.807) is 0 Å². The van der Waals surface area contributed by atoms with E-state index in [0.717, 1.165) is 23.6 Å². The molecule has 4 atom stereocenters. The summed E-state index contributed by atoms with van der Waals surface area (Å²) in [6.45, 7) is -0.541. The van der Waals surface area contributed by atoms with Gasteiger partial charge < -0.3 is 30.5 Å². The molecule has 2 heterocycles. The molecule has 3 rings (SSSR count). The summed E-state index contributed by atoms with van der Waals surface area (Å²) >= 11 is 0. The molecule has 0 radical (unpaired) electrons. The molecule has 0 aromatic carbocycles. The maximum Gasteiger partial charge on any atom is 0.363 e. The SMILES string of the molecule is Nc1ccn([C@]2(C(=O)OCC3CC3)O[C@H](CO)[C@@H](O)[C@H]2O)c(=O)n1. The van der Waals surface area contributed by atoms with Gasteiger partial charge in [0.1, 0.15) is 24.1 Å². The Kier molecular flexibility index (Phi) is 4.30. The molecule has 1 aliphatic heterocycles. The average molecular weight is 341 g/mol. The van der Waals surface area contributed by atoms with Crippen LogP contribution in [0.2, 0.25) is 0 Å². The molecule has 2 aliphatic rings. The number of esters is 1. The highest BCUT2D eigenvalue weighted by atomic mass is 16.6. The van der Waals surface area contributed by atoms with E-state index in [9.17, 15) is 24.9 Å². The smallest absolute Gasteiger partial charge is 0.363 e. The molecule has 1 aliphatic carbocycles. The number of carbonyl (C=O) groups excluding carboxylic acids is 1. The molecule has 10 heteroatoms. The van der Waals surface area contributed by atoms with Crippen molar-refractivity contribution in [2.24, 2.45) is 5.92 Å². The lowest BCUT2D eigenvalue weighted by atomic mass is 10.0. The number of anilines is 1. The van der Waals surface area contributed by atoms with Crippen LogP contribution < -0.4 is 11.4 Å². The normalized spacial score (nSPS) is 32.7. The minimum absolute atomic E-state index is 0.0792. The van der Waals surface area contributed by atoms with Crippen molar-refractivity contribution in [1.29, 1.82) is 0 Å². The lowest BCUT2D eigenvalue weighted by molar-refractivity contribution is -0.202. The van der Waals surface area contributed by atoms with Gasteiger partial charge in [-0.2, -0.15) is 4.98 Å². The lowest BCUT2D eigenvalue weighted by Crippen LogP contribution is -2.56. The molecular weight excluding hydrogens is 322 g/mol. The molecule has 24 heavy (non-hydrogen) atoms. The summed E-state index contributed by atoms with van der Waals surface area (Å²) < 4.78 is 11.3. The maximum absolute atomic E-state index is 12.6. The van der Waals surface area contributed by atoms with Gasteiger partial charge in [-0.3, -0.25) is 4.57 Å². The number of nitrogen functional groups attached to an aromatic ring is 1. The van der Waals surface area contributed by atoms with Crippen LogP contribution in [0.1, 0.15) is 12.8 Å². The van der Waals surface area contributed by atoms with Gasteiger partial charge in [-0.15, -0.1) is 0 Å². The predicted octanol–water partition coefficient (Wildman–Crippen LogP) is -2.46. The Balaban J connectivity index is 2.03. The highest BCUT2D eigenvalue weighted by Crippen LogP contribution is 2.37. The van der Waals surface area contributed by atoms with Gasteiger partial charge in [0.05, 0.1) is 13.2 Å². The van der Waals surface area contributed by atoms with E-state index in [0.29, 0.717) is 0 Å². The molecule has 1 aromatic rings. The summed E-state index contributed by atoms with van der Waals surface area (Å²) in [4.78, 5) is 28.3. The first-order valence-electron chi connectivity index (χ1n) is 7.58. The number of rotatable bonds is 5. The number of ether oxygens (including phenoxy) is 2. The van der Waals surface area contributed by atoms with Gasteiger partial charge in [-0.25, -0.2) is 9.59 Å². The first kappa shape index (κ1) is 16.8. The van der Waals surface area contributed by atoms with Gasteiger partial charge in [0.25, 0.3) is 5.72 Å². The third kappa shape index (κ3) is 2.67. The number of hydrogen-bond donors (Lipinski definition) is 4. The zero-order chi connectivity index (χ0) is 17.5. The van der Waals surface area contributed by atoms with E-state index >= 15 is 0 Å². The highest BCUT2D eigenvalue weighted by molar-refractivity contribution is 5.78. The number of nitrogens with zero attached hydrogens (tertiary/aromatic N) is 2. The van der Waals surface area contributed by atoms with Crippen LogP contribution >= 0.6 is 0 Å². The maximum atomic E-state index is 12.6. The van der Waals surface area contributed by atoms with Crippen LogP contribution in [0, 0.1) is 5.92 Å². The number of aliphatic hydroxyl groups is 3. The van der Waals surface area contributed by atoms with Crippen molar-refractivity contribution in [3.05, 3.63) is 22.7 Å². The summed E-state index contributed by atoms with van der Waals surface area (Å²) in [7, 11) is 0. The Morgan fingerprint density at radius 1 is 1.50 bits per heavy atom. The third-order valence-electron chi connectivity index (χ3n) is 4.24. The van der Waals surface area contributed by atoms with E-state index in [-0.39, 0.29) is 18.3 Å². The summed E-state index contributed by atoms with van der Waals surface area (Å²) in [5, 5.41) is 29.7. The summed E-state index contributed by atoms with van der Waals surface area (Å²) in [5.41, 5.74) is 2.14. The fourth-order valence-corrected chi connectivity index (χ4v) is 2.67. The second-order valence-corrected chi connectivity index (χ2v) is 6.02. The molecule has 0 unspecified atom stereocenters. The first-order valence-corrected chi connectivity index (χ1v) is 7.58. The number of aromatic nitrogens is 2. The van der Waals surface area contributed by atoms with Crippen LogP contribution in [0.4, 0.5) is 5.82 Å². The minimum Gasteiger partial charge on any atom is -0.462 e. The van der Waals surface area contributed by atoms with Gasteiger partial charge >= 0.3 is 11.7 Å². The second kappa shape index (κ2) is 6.13. The molecule has 0 amide bonds. The topological polar surface area (TPSA) is 157 Å². The monoisotopic (exact) mass is 341 g/mol. The zero-order valence-corrected chi connectivity index (χ0v) is 12.7. The van der Waals surface area contributed by atoms with E-state index < -0.39 is 42.3 Å². The quantitative estimate of drug-likeness (QED) is 0.426. The minimum atomic E-state index is -2.33. The van der Waals surface area contributed by atoms with Crippen molar-refractivity contribution in [3.8, 4) is 0 Å². The molecule has 1 aromatic heterocycles. The zero-order valence-electron chi connectivity index (χ0n) is 12.7. The van der Waals surface area contributed by atoms with Crippen LogP contribution in [0.25, 0.3) is 0 Å². The molecule has 5 N–H and O–H groups in total. The van der Waals surface area contributed by atoms with E-state index in [4.69, 9.17) is 15.2 Å². The van der Waals surface area contributed by atoms with E-state index in [2.05, 4.69) is 4.98 Å². The summed E-state index contributed by atoms with van der Waals surface area (Å²) in [6.07, 6.45) is -1.71. The van der Waals surface area contributed by atoms with Crippen LogP contribution in [0.3, 0.4) is 0 Å². The fraction of sp³-hybridized carbons (Fsp3) is 0.643. The van der Waals surface area contributed by atoms with Crippen molar-refractivity contribution < 1.29 is 29.6 Å². The highest BCUT2D eigenvalue weighted by Gasteiger charge is 2.62. The molecule has 2 fully saturated rings. The molecule has 1 saturated heterocycles. The molecule has 10 nitrogen and oxygen atoms in total. The van der Waals surface area contributed by atoms with Crippen molar-refractivity contribution in [2.75, 3.05) is 18.9 Å². The number of hydrogen-bond acceptors (Lipinski definition) is 9. The average Bonchev–Trinajstić information content (AvgIpc) is 3.34. The van der Waals surface area contributed by atoms with Crippen LogP contribution in [0.5, 0.6) is 0 Å². The van der Waals surface area contributed by atoms with Crippen molar-refractivity contribution in [3.63, 3.8) is 0 Å². The number of carbonyl (C=O) groups is 1. The Morgan fingerprint density at radius 3 is 2.75 bits per heavy atom. The summed E-state index contributed by atoms with van der Waals surface area (Å²) in [5.74, 6) is -0.876. The predicted molar refractivity (Wildman–Crippen MR) is 78.5 cm³/mol. The van der Waals surface area contributed by atoms with Crippen LogP contribution in [-0.2, 0) is 20.0 Å². The summed E-state index contributed by atoms with van der Waals surface area (Å²) in [6, 6.07) is 1.24. The first-order chi connectivity index (χ1) is 11.4. The lowest BCUT2D eigenvalue weighted by Gasteiger charge is -2.31. The fourth-order valence-electron chi connectivity index (χ4n) is 2.67. The Labute approximate surface area is 136 Å². The molecule has 1 saturated carbocycles. The molecule has 0 spiro atoms. The van der Waals surface area contributed by atoms with Gasteiger partial charge in [-0.1, -0.05) is 0 Å². The van der Waals surface area contributed by atoms with Crippen LogP contribution in [-0.4, -0.2) is 62.4 Å². The van der Waals surface area contributed by atoms with Gasteiger partial charge in [0.2, 0.25) is 0 Å². The van der Waals surface area contributed by atoms with E-state index in [1.807, 2.05) is 0 Å². The van der Waals surface area contributed by atoms with Gasteiger partial charge in [0.15, 0.2) is 0 Å². The van der Waals surface area contributed by atoms with Gasteiger partial charge in [-0.05, 0) is 24.8 Å². The van der Waals surface area contributed by atoms with E-state index in [1.165, 1.54) is 6.07 Å². The Hall–Kier alpha value is -2.01. The van der Waals surface area contributed by atoms with Crippen molar-refractivity contribution in [1.82, 2.24) is 9.55 Å². The molecular formula is C14H19N3O7.